The molecule has 0 saturated carbocycles. The molecule has 0 aromatic carbocycles. The lowest BCUT2D eigenvalue weighted by Gasteiger charge is -2.10. The molecule has 15 heavy (non-hydrogen) atoms. The van der Waals surface area contributed by atoms with Crippen LogP contribution in [-0.4, -0.2) is 38.5 Å². The van der Waals surface area contributed by atoms with Crippen LogP contribution in [0.3, 0.4) is 0 Å². The van der Waals surface area contributed by atoms with Gasteiger partial charge in [-0.05, 0) is 19.8 Å². The van der Waals surface area contributed by atoms with E-state index in [-0.39, 0.29) is 18.7 Å². The van der Waals surface area contributed by atoms with Gasteiger partial charge >= 0.3 is 5.97 Å². The number of carbonyl (C=O) groups excluding carboxylic acids is 1. The highest BCUT2D eigenvalue weighted by Crippen LogP contribution is 2.11. The molecule has 0 amide bonds. The van der Waals surface area contributed by atoms with Gasteiger partial charge in [-0.15, -0.1) is 0 Å². The zero-order chi connectivity index (χ0) is 11.1. The average Bonchev–Trinajstić information content (AvgIpc) is 2.69. The Morgan fingerprint density at radius 2 is 2.33 bits per heavy atom. The molecule has 4 heteroatoms. The molecule has 0 spiro atoms. The zero-order valence-electron chi connectivity index (χ0n) is 9.16. The van der Waals surface area contributed by atoms with E-state index in [0.29, 0.717) is 18.8 Å². The summed E-state index contributed by atoms with van der Waals surface area (Å²) in [5.74, 6) is -0.365. The van der Waals surface area contributed by atoms with Crippen LogP contribution in [0.4, 0.5) is 0 Å². The van der Waals surface area contributed by atoms with Crippen LogP contribution in [0.5, 0.6) is 0 Å². The van der Waals surface area contributed by atoms with E-state index >= 15 is 0 Å². The SMILES string of the molecule is C=C(C)C(=O)OCCOC[C@@H]1CCCO1. The van der Waals surface area contributed by atoms with Crippen LogP contribution >= 0.6 is 0 Å². The molecule has 1 atom stereocenters. The van der Waals surface area contributed by atoms with Crippen molar-refractivity contribution in [1.29, 1.82) is 0 Å². The minimum absolute atomic E-state index is 0.224. The molecule has 0 bridgehead atoms. The van der Waals surface area contributed by atoms with E-state index in [1.165, 1.54) is 0 Å². The monoisotopic (exact) mass is 214 g/mol. The van der Waals surface area contributed by atoms with E-state index in [9.17, 15) is 4.79 Å². The van der Waals surface area contributed by atoms with Crippen molar-refractivity contribution in [3.8, 4) is 0 Å². The first kappa shape index (κ1) is 12.2. The van der Waals surface area contributed by atoms with Crippen molar-refractivity contribution in [3.63, 3.8) is 0 Å². The third-order valence-electron chi connectivity index (χ3n) is 2.14. The van der Waals surface area contributed by atoms with E-state index < -0.39 is 0 Å². The van der Waals surface area contributed by atoms with Gasteiger partial charge in [-0.2, -0.15) is 0 Å². The van der Waals surface area contributed by atoms with Gasteiger partial charge in [-0.1, -0.05) is 6.58 Å². The maximum absolute atomic E-state index is 11.0. The van der Waals surface area contributed by atoms with Crippen molar-refractivity contribution >= 4 is 5.97 Å². The Hall–Kier alpha value is -0.870. The summed E-state index contributed by atoms with van der Waals surface area (Å²) in [4.78, 5) is 11.0. The summed E-state index contributed by atoms with van der Waals surface area (Å²) in [6, 6.07) is 0. The van der Waals surface area contributed by atoms with Crippen LogP contribution in [0, 0.1) is 0 Å². The molecular formula is C11H18O4. The summed E-state index contributed by atoms with van der Waals surface area (Å²) in [6.07, 6.45) is 2.39. The largest absolute Gasteiger partial charge is 0.460 e. The summed E-state index contributed by atoms with van der Waals surface area (Å²) in [6.45, 7) is 7.21. The van der Waals surface area contributed by atoms with Gasteiger partial charge in [0, 0.05) is 12.2 Å². The molecule has 0 N–H and O–H groups in total. The van der Waals surface area contributed by atoms with E-state index in [4.69, 9.17) is 14.2 Å². The minimum atomic E-state index is -0.365. The highest BCUT2D eigenvalue weighted by Gasteiger charge is 2.15. The van der Waals surface area contributed by atoms with Gasteiger partial charge < -0.3 is 14.2 Å². The average molecular weight is 214 g/mol. The highest BCUT2D eigenvalue weighted by atomic mass is 16.6. The van der Waals surface area contributed by atoms with E-state index in [1.807, 2.05) is 0 Å². The number of carbonyl (C=O) groups is 1. The van der Waals surface area contributed by atoms with Gasteiger partial charge in [0.15, 0.2) is 0 Å². The summed E-state index contributed by atoms with van der Waals surface area (Å²) in [7, 11) is 0. The van der Waals surface area contributed by atoms with E-state index in [1.54, 1.807) is 6.92 Å². The number of rotatable bonds is 6. The van der Waals surface area contributed by atoms with Crippen molar-refractivity contribution in [2.45, 2.75) is 25.9 Å². The fraction of sp³-hybridized carbons (Fsp3) is 0.727. The van der Waals surface area contributed by atoms with E-state index in [0.717, 1.165) is 19.4 Å². The molecule has 1 fully saturated rings. The van der Waals surface area contributed by atoms with Gasteiger partial charge in [-0.3, -0.25) is 0 Å². The number of esters is 1. The van der Waals surface area contributed by atoms with Crippen LogP contribution in [0.1, 0.15) is 19.8 Å². The molecule has 0 unspecified atom stereocenters. The molecule has 1 heterocycles. The van der Waals surface area contributed by atoms with Crippen molar-refractivity contribution < 1.29 is 19.0 Å². The van der Waals surface area contributed by atoms with Gasteiger partial charge in [0.25, 0.3) is 0 Å². The Morgan fingerprint density at radius 3 is 2.93 bits per heavy atom. The van der Waals surface area contributed by atoms with E-state index in [2.05, 4.69) is 6.58 Å². The Bertz CT molecular complexity index is 219. The number of hydrogen-bond acceptors (Lipinski definition) is 4. The second-order valence-electron chi connectivity index (χ2n) is 3.63. The second-order valence-corrected chi connectivity index (χ2v) is 3.63. The molecule has 0 aliphatic carbocycles. The highest BCUT2D eigenvalue weighted by molar-refractivity contribution is 5.86. The molecule has 1 aliphatic heterocycles. The molecule has 86 valence electrons. The van der Waals surface area contributed by atoms with Crippen LogP contribution in [0.15, 0.2) is 12.2 Å². The quantitative estimate of drug-likeness (QED) is 0.380. The first-order chi connectivity index (χ1) is 7.20. The first-order valence-electron chi connectivity index (χ1n) is 5.22. The molecular weight excluding hydrogens is 196 g/mol. The Balaban J connectivity index is 1.92. The molecule has 4 nitrogen and oxygen atoms in total. The normalized spacial score (nSPS) is 20.2. The van der Waals surface area contributed by atoms with Gasteiger partial charge in [-0.25, -0.2) is 4.79 Å². The lowest BCUT2D eigenvalue weighted by atomic mass is 10.2. The number of ether oxygens (including phenoxy) is 3. The topological polar surface area (TPSA) is 44.8 Å². The summed E-state index contributed by atoms with van der Waals surface area (Å²) >= 11 is 0. The van der Waals surface area contributed by atoms with Crippen molar-refractivity contribution in [3.05, 3.63) is 12.2 Å². The standard InChI is InChI=1S/C11H18O4/c1-9(2)11(12)15-7-6-13-8-10-4-3-5-14-10/h10H,1,3-8H2,2H3/t10-/m0/s1. The van der Waals surface area contributed by atoms with Crippen LogP contribution < -0.4 is 0 Å². The van der Waals surface area contributed by atoms with Gasteiger partial charge in [0.05, 0.1) is 19.3 Å². The predicted molar refractivity (Wildman–Crippen MR) is 55.6 cm³/mol. The third-order valence-corrected chi connectivity index (χ3v) is 2.14. The van der Waals surface area contributed by atoms with Crippen molar-refractivity contribution in [1.82, 2.24) is 0 Å². The maximum atomic E-state index is 11.0. The first-order valence-corrected chi connectivity index (χ1v) is 5.22. The molecule has 0 aromatic rings. The summed E-state index contributed by atoms with van der Waals surface area (Å²) in [5.41, 5.74) is 0.411. The lowest BCUT2D eigenvalue weighted by Crippen LogP contribution is -2.17. The Morgan fingerprint density at radius 1 is 1.53 bits per heavy atom. The predicted octanol–water partition coefficient (Wildman–Crippen LogP) is 1.30. The second kappa shape index (κ2) is 6.58. The zero-order valence-corrected chi connectivity index (χ0v) is 9.16. The lowest BCUT2D eigenvalue weighted by molar-refractivity contribution is -0.140. The van der Waals surface area contributed by atoms with Crippen LogP contribution in [-0.2, 0) is 19.0 Å². The fourth-order valence-corrected chi connectivity index (χ4v) is 1.31. The third kappa shape index (κ3) is 4.95. The molecule has 0 aromatic heterocycles. The molecule has 0 radical (unpaired) electrons. The smallest absolute Gasteiger partial charge is 0.333 e. The molecule has 1 saturated heterocycles. The van der Waals surface area contributed by atoms with Gasteiger partial charge in [0.2, 0.25) is 0 Å². The Kier molecular flexibility index (Phi) is 5.36. The van der Waals surface area contributed by atoms with Gasteiger partial charge in [0.1, 0.15) is 6.61 Å². The maximum Gasteiger partial charge on any atom is 0.333 e. The van der Waals surface area contributed by atoms with Crippen LogP contribution in [0.2, 0.25) is 0 Å². The Labute approximate surface area is 90.2 Å². The minimum Gasteiger partial charge on any atom is -0.460 e. The summed E-state index contributed by atoms with van der Waals surface area (Å²) < 4.78 is 15.6. The fourth-order valence-electron chi connectivity index (χ4n) is 1.31. The molecule has 1 aliphatic rings. The van der Waals surface area contributed by atoms with Crippen LogP contribution in [0.25, 0.3) is 0 Å². The molecule has 1 rings (SSSR count). The number of hydrogen-bond donors (Lipinski definition) is 0. The van der Waals surface area contributed by atoms with Crippen molar-refractivity contribution in [2.24, 2.45) is 0 Å². The summed E-state index contributed by atoms with van der Waals surface area (Å²) in [5, 5.41) is 0. The van der Waals surface area contributed by atoms with Crippen molar-refractivity contribution in [2.75, 3.05) is 26.4 Å².